The van der Waals surface area contributed by atoms with Gasteiger partial charge in [-0.25, -0.2) is 0 Å². The van der Waals surface area contributed by atoms with Crippen LogP contribution < -0.4 is 15.4 Å². The Kier molecular flexibility index (Phi) is 7.41. The van der Waals surface area contributed by atoms with Gasteiger partial charge in [0, 0.05) is 5.69 Å². The van der Waals surface area contributed by atoms with Crippen molar-refractivity contribution in [3.63, 3.8) is 0 Å². The van der Waals surface area contributed by atoms with Gasteiger partial charge in [0.2, 0.25) is 0 Å². The van der Waals surface area contributed by atoms with E-state index in [9.17, 15) is 4.79 Å². The third-order valence-corrected chi connectivity index (χ3v) is 3.84. The number of para-hydroxylation sites is 1. The lowest BCUT2D eigenvalue weighted by Gasteiger charge is -2.13. The fourth-order valence-corrected chi connectivity index (χ4v) is 2.58. The van der Waals surface area contributed by atoms with Gasteiger partial charge in [0.15, 0.2) is 5.11 Å². The van der Waals surface area contributed by atoms with Crippen molar-refractivity contribution < 1.29 is 9.53 Å². The first kappa shape index (κ1) is 18.9. The number of hydrogen-bond donors (Lipinski definition) is 2. The minimum Gasteiger partial charge on any atom is -0.493 e. The summed E-state index contributed by atoms with van der Waals surface area (Å²) in [5, 5.41) is 5.99. The van der Waals surface area contributed by atoms with Crippen LogP contribution in [0.25, 0.3) is 0 Å². The Hall–Kier alpha value is -2.40. The molecule has 132 valence electrons. The third kappa shape index (κ3) is 6.19. The smallest absolute Gasteiger partial charge is 0.261 e. The van der Waals surface area contributed by atoms with Crippen LogP contribution in [-0.4, -0.2) is 17.6 Å². The zero-order chi connectivity index (χ0) is 18.1. The Balaban J connectivity index is 1.96. The molecule has 0 unspecified atom stereocenters. The predicted molar refractivity (Wildman–Crippen MR) is 106 cm³/mol. The molecule has 2 aromatic rings. The Morgan fingerprint density at radius 1 is 1.12 bits per heavy atom. The Morgan fingerprint density at radius 3 is 2.68 bits per heavy atom. The minimum absolute atomic E-state index is 0.261. The molecule has 0 saturated heterocycles. The summed E-state index contributed by atoms with van der Waals surface area (Å²) in [5.41, 5.74) is 2.44. The van der Waals surface area contributed by atoms with Crippen LogP contribution in [0.4, 0.5) is 5.69 Å². The number of amides is 1. The second-order valence-corrected chi connectivity index (χ2v) is 6.24. The average Bonchev–Trinajstić information content (AvgIpc) is 2.59. The van der Waals surface area contributed by atoms with Gasteiger partial charge >= 0.3 is 0 Å². The number of carbonyl (C=O) groups excluding carboxylic acids is 1. The number of benzene rings is 2. The van der Waals surface area contributed by atoms with Crippen molar-refractivity contribution in [1.29, 1.82) is 0 Å². The lowest BCUT2D eigenvalue weighted by atomic mass is 10.2. The normalized spacial score (nSPS) is 10.2. The standard InChI is InChI=1S/C20H24N2O2S/c1-3-4-7-13-24-18-12-6-5-11-17(18)19(23)22-20(25)21-16-10-8-9-15(2)14-16/h5-6,8-12,14H,3-4,7,13H2,1-2H3,(H2,21,22,23,25). The summed E-state index contributed by atoms with van der Waals surface area (Å²) in [6, 6.07) is 15.0. The first-order valence-corrected chi connectivity index (χ1v) is 8.92. The van der Waals surface area contributed by atoms with Gasteiger partial charge in [0.1, 0.15) is 5.75 Å². The van der Waals surface area contributed by atoms with E-state index in [-0.39, 0.29) is 11.0 Å². The van der Waals surface area contributed by atoms with Crippen LogP contribution >= 0.6 is 12.2 Å². The van der Waals surface area contributed by atoms with Crippen LogP contribution in [0.1, 0.15) is 42.1 Å². The fraction of sp³-hybridized carbons (Fsp3) is 0.300. The van der Waals surface area contributed by atoms with Gasteiger partial charge in [0.05, 0.1) is 12.2 Å². The molecule has 0 saturated carbocycles. The van der Waals surface area contributed by atoms with Crippen LogP contribution in [-0.2, 0) is 0 Å². The van der Waals surface area contributed by atoms with Crippen molar-refractivity contribution in [3.8, 4) is 5.75 Å². The maximum atomic E-state index is 12.5. The van der Waals surface area contributed by atoms with Gasteiger partial charge in [-0.15, -0.1) is 0 Å². The van der Waals surface area contributed by atoms with E-state index >= 15 is 0 Å². The summed E-state index contributed by atoms with van der Waals surface area (Å²) in [6.45, 7) is 4.74. The van der Waals surface area contributed by atoms with E-state index in [1.165, 1.54) is 0 Å². The van der Waals surface area contributed by atoms with Crippen molar-refractivity contribution in [2.75, 3.05) is 11.9 Å². The molecule has 0 heterocycles. The van der Waals surface area contributed by atoms with E-state index in [0.29, 0.717) is 17.9 Å². The summed E-state index contributed by atoms with van der Waals surface area (Å²) in [7, 11) is 0. The monoisotopic (exact) mass is 356 g/mol. The zero-order valence-corrected chi connectivity index (χ0v) is 15.5. The number of ether oxygens (including phenoxy) is 1. The molecule has 0 bridgehead atoms. The summed E-state index contributed by atoms with van der Waals surface area (Å²) in [5.74, 6) is 0.297. The molecule has 0 aliphatic rings. The first-order chi connectivity index (χ1) is 12.1. The molecule has 5 heteroatoms. The van der Waals surface area contributed by atoms with Gasteiger partial charge < -0.3 is 10.1 Å². The average molecular weight is 356 g/mol. The largest absolute Gasteiger partial charge is 0.493 e. The molecule has 0 aromatic heterocycles. The minimum atomic E-state index is -0.281. The van der Waals surface area contributed by atoms with E-state index in [0.717, 1.165) is 30.5 Å². The lowest BCUT2D eigenvalue weighted by molar-refractivity contribution is 0.0973. The number of aryl methyl sites for hydroxylation is 1. The third-order valence-electron chi connectivity index (χ3n) is 3.64. The van der Waals surface area contributed by atoms with Crippen molar-refractivity contribution >= 4 is 28.9 Å². The number of hydrogen-bond acceptors (Lipinski definition) is 3. The molecule has 0 aliphatic heterocycles. The molecule has 0 fully saturated rings. The molecular weight excluding hydrogens is 332 g/mol. The summed E-state index contributed by atoms with van der Waals surface area (Å²) >= 11 is 5.24. The van der Waals surface area contributed by atoms with Crippen LogP contribution in [0.5, 0.6) is 5.75 Å². The van der Waals surface area contributed by atoms with Gasteiger partial charge in [-0.3, -0.25) is 10.1 Å². The number of anilines is 1. The number of carbonyl (C=O) groups is 1. The molecule has 0 spiro atoms. The fourth-order valence-electron chi connectivity index (χ4n) is 2.37. The van der Waals surface area contributed by atoms with E-state index in [4.69, 9.17) is 17.0 Å². The Labute approximate surface area is 154 Å². The molecule has 4 nitrogen and oxygen atoms in total. The number of thiocarbonyl (C=S) groups is 1. The number of unbranched alkanes of at least 4 members (excludes halogenated alkanes) is 2. The second kappa shape index (κ2) is 9.79. The highest BCUT2D eigenvalue weighted by atomic mass is 32.1. The van der Waals surface area contributed by atoms with E-state index in [2.05, 4.69) is 17.6 Å². The van der Waals surface area contributed by atoms with E-state index in [1.807, 2.05) is 43.3 Å². The molecule has 0 aliphatic carbocycles. The first-order valence-electron chi connectivity index (χ1n) is 8.51. The number of nitrogens with one attached hydrogen (secondary N) is 2. The molecule has 25 heavy (non-hydrogen) atoms. The maximum absolute atomic E-state index is 12.5. The molecule has 0 radical (unpaired) electrons. The van der Waals surface area contributed by atoms with Gasteiger partial charge in [-0.05, 0) is 55.4 Å². The van der Waals surface area contributed by atoms with Crippen molar-refractivity contribution in [2.45, 2.75) is 33.1 Å². The highest BCUT2D eigenvalue weighted by Crippen LogP contribution is 2.18. The molecule has 1 amide bonds. The Morgan fingerprint density at radius 2 is 1.92 bits per heavy atom. The van der Waals surface area contributed by atoms with E-state index in [1.54, 1.807) is 12.1 Å². The highest BCUT2D eigenvalue weighted by Gasteiger charge is 2.13. The summed E-state index contributed by atoms with van der Waals surface area (Å²) < 4.78 is 5.75. The lowest BCUT2D eigenvalue weighted by Crippen LogP contribution is -2.34. The highest BCUT2D eigenvalue weighted by molar-refractivity contribution is 7.80. The molecule has 2 aromatic carbocycles. The van der Waals surface area contributed by atoms with Crippen molar-refractivity contribution in [3.05, 3.63) is 59.7 Å². The van der Waals surface area contributed by atoms with Crippen LogP contribution in [0.3, 0.4) is 0 Å². The van der Waals surface area contributed by atoms with Gasteiger partial charge in [-0.2, -0.15) is 0 Å². The van der Waals surface area contributed by atoms with Crippen LogP contribution in [0.2, 0.25) is 0 Å². The predicted octanol–water partition coefficient (Wildman–Crippen LogP) is 4.69. The topological polar surface area (TPSA) is 50.4 Å². The van der Waals surface area contributed by atoms with Crippen LogP contribution in [0.15, 0.2) is 48.5 Å². The van der Waals surface area contributed by atoms with Crippen LogP contribution in [0, 0.1) is 6.92 Å². The Bertz CT molecular complexity index is 731. The second-order valence-electron chi connectivity index (χ2n) is 5.83. The quantitative estimate of drug-likeness (QED) is 0.558. The summed E-state index contributed by atoms with van der Waals surface area (Å²) in [4.78, 5) is 12.5. The molecule has 2 N–H and O–H groups in total. The SMILES string of the molecule is CCCCCOc1ccccc1C(=O)NC(=S)Nc1cccc(C)c1. The number of rotatable bonds is 7. The molecular formula is C20H24N2O2S. The van der Waals surface area contributed by atoms with Crippen molar-refractivity contribution in [1.82, 2.24) is 5.32 Å². The molecule has 0 atom stereocenters. The summed E-state index contributed by atoms with van der Waals surface area (Å²) in [6.07, 6.45) is 3.21. The van der Waals surface area contributed by atoms with Gasteiger partial charge in [0.25, 0.3) is 5.91 Å². The van der Waals surface area contributed by atoms with E-state index < -0.39 is 0 Å². The molecule has 2 rings (SSSR count). The van der Waals surface area contributed by atoms with Crippen molar-refractivity contribution in [2.24, 2.45) is 0 Å². The van der Waals surface area contributed by atoms with Gasteiger partial charge in [-0.1, -0.05) is 44.0 Å². The zero-order valence-electron chi connectivity index (χ0n) is 14.7. The maximum Gasteiger partial charge on any atom is 0.261 e.